The first-order chi connectivity index (χ1) is 20.2. The summed E-state index contributed by atoms with van der Waals surface area (Å²) in [5.74, 6) is -1.70. The number of nitrogens with zero attached hydrogens (tertiary/aromatic N) is 2. The molecule has 0 spiro atoms. The quantitative estimate of drug-likeness (QED) is 0.0957. The van der Waals surface area contributed by atoms with E-state index in [0.29, 0.717) is 47.2 Å². The van der Waals surface area contributed by atoms with E-state index >= 15 is 0 Å². The molecule has 5 rings (SSSR count). The number of thiophene rings is 1. The molecule has 2 aliphatic rings. The van der Waals surface area contributed by atoms with Gasteiger partial charge in [0.2, 0.25) is 0 Å². The predicted molar refractivity (Wildman–Crippen MR) is 153 cm³/mol. The number of fused-ring (bicyclic) bond motifs is 2. The van der Waals surface area contributed by atoms with Crippen LogP contribution in [0.4, 0.5) is 5.69 Å². The van der Waals surface area contributed by atoms with E-state index in [4.69, 9.17) is 9.25 Å². The maximum absolute atomic E-state index is 12.9. The van der Waals surface area contributed by atoms with Crippen LogP contribution in [0.2, 0.25) is 0 Å². The van der Waals surface area contributed by atoms with Gasteiger partial charge in [-0.25, -0.2) is 9.59 Å². The van der Waals surface area contributed by atoms with Crippen molar-refractivity contribution in [3.8, 4) is 10.4 Å². The van der Waals surface area contributed by atoms with E-state index in [2.05, 4.69) is 4.90 Å². The Balaban J connectivity index is 0.00000276. The normalized spacial score (nSPS) is 15.4. The first kappa shape index (κ1) is 34.2. The number of hydrogen-bond acceptors (Lipinski definition) is 12. The number of benzene rings is 1. The van der Waals surface area contributed by atoms with Gasteiger partial charge in [-0.3, -0.25) is 18.7 Å². The minimum absolute atomic E-state index is 0. The number of hydroxylamine groups is 2. The maximum atomic E-state index is 12.9. The van der Waals surface area contributed by atoms with Crippen LogP contribution >= 0.6 is 11.3 Å². The molecule has 2 amide bonds. The third-order valence-corrected chi connectivity index (χ3v) is 10.6. The smallest absolute Gasteiger partial charge is 1.00 e. The Bertz CT molecular complexity index is 1910. The first-order valence-corrected chi connectivity index (χ1v) is 16.9. The average molecular weight is 679 g/mol. The van der Waals surface area contributed by atoms with E-state index in [9.17, 15) is 45.1 Å². The molecule has 2 aliphatic heterocycles. The molecule has 3 aromatic rings. The van der Waals surface area contributed by atoms with Gasteiger partial charge in [0.25, 0.3) is 21.9 Å². The van der Waals surface area contributed by atoms with Gasteiger partial charge in [-0.2, -0.15) is 16.8 Å². The van der Waals surface area contributed by atoms with E-state index in [1.807, 2.05) is 0 Å². The zero-order valence-corrected chi connectivity index (χ0v) is 27.9. The SMILES string of the molecule is O=C(CCCCCN1CCCc2cc3cc(-c4sc(S(=O)(=O)O)cc4S(=O)(=O)O)c(=O)oc3cc21)ON1C(=O)CCC1=O.[H-].[Na+]. The fraction of sp³-hybridized carbons (Fsp3) is 0.385. The number of anilines is 1. The zero-order valence-electron chi connectivity index (χ0n) is 24.5. The molecule has 18 heteroatoms. The van der Waals surface area contributed by atoms with Crippen molar-refractivity contribution in [1.82, 2.24) is 5.06 Å². The van der Waals surface area contributed by atoms with Crippen molar-refractivity contribution in [3.63, 3.8) is 0 Å². The van der Waals surface area contributed by atoms with E-state index < -0.39 is 52.8 Å². The van der Waals surface area contributed by atoms with Gasteiger partial charge in [-0.15, -0.1) is 16.4 Å². The molecular formula is C26H27N2NaO12S3. The molecule has 1 saturated heterocycles. The molecule has 0 bridgehead atoms. The second-order valence-corrected chi connectivity index (χ2v) is 14.2. The van der Waals surface area contributed by atoms with Crippen LogP contribution in [0.25, 0.3) is 21.4 Å². The van der Waals surface area contributed by atoms with Gasteiger partial charge in [0.15, 0.2) is 0 Å². The van der Waals surface area contributed by atoms with Crippen molar-refractivity contribution >= 4 is 66.0 Å². The van der Waals surface area contributed by atoms with Gasteiger partial charge in [0, 0.05) is 49.5 Å². The first-order valence-electron chi connectivity index (χ1n) is 13.2. The predicted octanol–water partition coefficient (Wildman–Crippen LogP) is 0.0516. The van der Waals surface area contributed by atoms with Crippen LogP contribution in [-0.2, 0) is 45.9 Å². The molecule has 2 aromatic heterocycles. The maximum Gasteiger partial charge on any atom is 1.00 e. The number of carbonyl (C=O) groups is 3. The van der Waals surface area contributed by atoms with Gasteiger partial charge < -0.3 is 15.6 Å². The summed E-state index contributed by atoms with van der Waals surface area (Å²) in [5, 5.41) is 0.982. The van der Waals surface area contributed by atoms with Gasteiger partial charge in [0.05, 0.1) is 10.4 Å². The average Bonchev–Trinajstić information content (AvgIpc) is 3.52. The van der Waals surface area contributed by atoms with Gasteiger partial charge in [-0.1, -0.05) is 6.42 Å². The molecule has 0 aliphatic carbocycles. The van der Waals surface area contributed by atoms with Crippen LogP contribution in [-0.4, -0.2) is 61.9 Å². The van der Waals surface area contributed by atoms with Gasteiger partial charge >= 0.3 is 51.3 Å². The van der Waals surface area contributed by atoms with Crippen LogP contribution in [0.5, 0.6) is 0 Å². The van der Waals surface area contributed by atoms with Crippen LogP contribution in [0.3, 0.4) is 0 Å². The van der Waals surface area contributed by atoms with Crippen LogP contribution in [0, 0.1) is 0 Å². The van der Waals surface area contributed by atoms with Gasteiger partial charge in [0.1, 0.15) is 14.7 Å². The van der Waals surface area contributed by atoms with Crippen LogP contribution < -0.4 is 40.1 Å². The Morgan fingerprint density at radius 2 is 1.66 bits per heavy atom. The van der Waals surface area contributed by atoms with Crippen molar-refractivity contribution in [2.75, 3.05) is 18.0 Å². The summed E-state index contributed by atoms with van der Waals surface area (Å²) in [6, 6.07) is 5.44. The molecule has 44 heavy (non-hydrogen) atoms. The number of imide groups is 1. The molecule has 1 aromatic carbocycles. The van der Waals surface area contributed by atoms with Gasteiger partial charge in [-0.05, 0) is 49.4 Å². The van der Waals surface area contributed by atoms with E-state index in [0.717, 1.165) is 37.1 Å². The van der Waals surface area contributed by atoms with Crippen molar-refractivity contribution in [2.24, 2.45) is 0 Å². The number of unbranched alkanes of at least 4 members (excludes halogenated alkanes) is 2. The molecule has 232 valence electrons. The third kappa shape index (κ3) is 7.42. The minimum Gasteiger partial charge on any atom is -1.00 e. The Morgan fingerprint density at radius 1 is 0.955 bits per heavy atom. The van der Waals surface area contributed by atoms with Crippen LogP contribution in [0.1, 0.15) is 51.9 Å². The molecule has 14 nitrogen and oxygen atoms in total. The Morgan fingerprint density at radius 3 is 2.32 bits per heavy atom. The molecule has 0 saturated carbocycles. The number of amides is 2. The fourth-order valence-corrected chi connectivity index (χ4v) is 8.01. The Kier molecular flexibility index (Phi) is 10.4. The summed E-state index contributed by atoms with van der Waals surface area (Å²) in [6.45, 7) is 1.39. The summed E-state index contributed by atoms with van der Waals surface area (Å²) >= 11 is 0.314. The van der Waals surface area contributed by atoms with Crippen molar-refractivity contribution in [1.29, 1.82) is 0 Å². The minimum atomic E-state index is -4.95. The van der Waals surface area contributed by atoms with E-state index in [1.54, 1.807) is 12.1 Å². The van der Waals surface area contributed by atoms with E-state index in [-0.39, 0.29) is 66.3 Å². The molecule has 2 N–H and O–H groups in total. The zero-order chi connectivity index (χ0) is 31.1. The monoisotopic (exact) mass is 678 g/mol. The fourth-order valence-electron chi connectivity index (χ4n) is 5.08. The van der Waals surface area contributed by atoms with Crippen LogP contribution in [0.15, 0.2) is 42.6 Å². The number of carbonyl (C=O) groups excluding carboxylic acids is 3. The molecule has 0 radical (unpaired) electrons. The molecule has 4 heterocycles. The molecule has 0 atom stereocenters. The van der Waals surface area contributed by atoms with Crippen molar-refractivity contribution in [2.45, 2.75) is 60.5 Å². The topological polar surface area (TPSA) is 206 Å². The summed E-state index contributed by atoms with van der Waals surface area (Å²) in [4.78, 5) is 53.9. The van der Waals surface area contributed by atoms with Crippen molar-refractivity contribution in [3.05, 3.63) is 40.2 Å². The standard InChI is InChI=1S/C26H26N2O12S3.Na.H/c29-21-7-8-22(30)28(21)40-23(31)6-2-1-3-9-27-10-4-5-15-11-16-12-17(26(32)39-19(16)13-18(15)27)25-20(42(33,34)35)14-24(41-25)43(36,37)38;;/h11-14H,1-10H2,(H,33,34,35)(H,36,37,38);;/q;+1;-1. The second-order valence-electron chi connectivity index (χ2n) is 10.1. The largest absolute Gasteiger partial charge is 1.00 e. The molecule has 0 unspecified atom stereocenters. The summed E-state index contributed by atoms with van der Waals surface area (Å²) in [7, 11) is -9.76. The Labute approximate surface area is 279 Å². The number of hydrogen-bond donors (Lipinski definition) is 2. The number of rotatable bonds is 10. The summed E-state index contributed by atoms with van der Waals surface area (Å²) in [5.41, 5.74) is 0.760. The second kappa shape index (κ2) is 13.4. The molecular weight excluding hydrogens is 651 g/mol. The third-order valence-electron chi connectivity index (χ3n) is 7.11. The summed E-state index contributed by atoms with van der Waals surface area (Å²) < 4.78 is 70.8. The molecule has 1 fully saturated rings. The number of aryl methyl sites for hydroxylation is 1. The van der Waals surface area contributed by atoms with E-state index in [1.165, 1.54) is 6.07 Å². The van der Waals surface area contributed by atoms with Crippen molar-refractivity contribution < 1.29 is 80.6 Å². The summed E-state index contributed by atoms with van der Waals surface area (Å²) in [6.07, 6.45) is 3.58. The Hall–Kier alpha value is -2.64.